The zero-order chi connectivity index (χ0) is 19.4. The van der Waals surface area contributed by atoms with E-state index in [2.05, 4.69) is 30.7 Å². The highest BCUT2D eigenvalue weighted by molar-refractivity contribution is 5.99. The van der Waals surface area contributed by atoms with Gasteiger partial charge in [-0.3, -0.25) is 4.79 Å². The van der Waals surface area contributed by atoms with Crippen LogP contribution in [0.1, 0.15) is 42.7 Å². The second-order valence-corrected chi connectivity index (χ2v) is 7.04. The maximum atomic E-state index is 13.5. The predicted molar refractivity (Wildman–Crippen MR) is 105 cm³/mol. The molecule has 1 amide bonds. The summed E-state index contributed by atoms with van der Waals surface area (Å²) < 4.78 is 5.49. The fraction of sp³-hybridized carbons (Fsp3) is 0.318. The molecule has 1 aromatic carbocycles. The minimum Gasteiger partial charge on any atom is -0.467 e. The first-order valence-corrected chi connectivity index (χ1v) is 9.19. The minimum atomic E-state index is -0.0912. The van der Waals surface area contributed by atoms with Crippen molar-refractivity contribution in [2.75, 3.05) is 0 Å². The zero-order valence-electron chi connectivity index (χ0n) is 16.2. The summed E-state index contributed by atoms with van der Waals surface area (Å²) in [6.45, 7) is 8.52. The Morgan fingerprint density at radius 1 is 1.11 bits per heavy atom. The lowest BCUT2D eigenvalue weighted by Gasteiger charge is -2.31. The minimum absolute atomic E-state index is 0.0347. The van der Waals surface area contributed by atoms with Gasteiger partial charge >= 0.3 is 0 Å². The fourth-order valence-electron chi connectivity index (χ4n) is 2.93. The molecule has 3 aromatic rings. The number of furan rings is 1. The van der Waals surface area contributed by atoms with Crippen molar-refractivity contribution in [3.05, 3.63) is 72.1 Å². The van der Waals surface area contributed by atoms with Crippen molar-refractivity contribution in [3.8, 4) is 11.3 Å². The van der Waals surface area contributed by atoms with Crippen molar-refractivity contribution in [1.82, 2.24) is 14.9 Å². The summed E-state index contributed by atoms with van der Waals surface area (Å²) >= 11 is 0. The molecule has 2 heterocycles. The molecule has 1 atom stereocenters. The van der Waals surface area contributed by atoms with E-state index >= 15 is 0 Å². The molecule has 0 saturated carbocycles. The van der Waals surface area contributed by atoms with E-state index in [1.54, 1.807) is 12.5 Å². The van der Waals surface area contributed by atoms with E-state index in [-0.39, 0.29) is 11.9 Å². The summed E-state index contributed by atoms with van der Waals surface area (Å²) in [5, 5.41) is 0. The van der Waals surface area contributed by atoms with Crippen LogP contribution in [0.2, 0.25) is 0 Å². The van der Waals surface area contributed by atoms with E-state index in [0.29, 0.717) is 29.5 Å². The van der Waals surface area contributed by atoms with Gasteiger partial charge in [-0.2, -0.15) is 0 Å². The number of carbonyl (C=O) groups excluding carboxylic acids is 1. The van der Waals surface area contributed by atoms with Gasteiger partial charge in [-0.05, 0) is 31.9 Å². The normalized spacial score (nSPS) is 12.2. The number of hydrogen-bond donors (Lipinski definition) is 0. The molecule has 2 aromatic heterocycles. The number of hydrogen-bond acceptors (Lipinski definition) is 4. The van der Waals surface area contributed by atoms with E-state index in [9.17, 15) is 4.79 Å². The van der Waals surface area contributed by atoms with Gasteiger partial charge in [0.05, 0.1) is 24.1 Å². The molecule has 0 aliphatic heterocycles. The number of carbonyl (C=O) groups is 1. The second kappa shape index (κ2) is 8.16. The van der Waals surface area contributed by atoms with Gasteiger partial charge in [0.25, 0.3) is 5.91 Å². The molecular formula is C22H25N3O2. The van der Waals surface area contributed by atoms with Gasteiger partial charge in [0, 0.05) is 17.8 Å². The van der Waals surface area contributed by atoms with E-state index in [1.807, 2.05) is 54.3 Å². The molecule has 5 heteroatoms. The summed E-state index contributed by atoms with van der Waals surface area (Å²) in [7, 11) is 0. The molecule has 140 valence electrons. The van der Waals surface area contributed by atoms with Crippen LogP contribution in [0.4, 0.5) is 0 Å². The predicted octanol–water partition coefficient (Wildman–Crippen LogP) is 4.73. The van der Waals surface area contributed by atoms with Crippen LogP contribution in [-0.2, 0) is 6.54 Å². The molecule has 5 nitrogen and oxygen atoms in total. The maximum absolute atomic E-state index is 13.5. The molecule has 27 heavy (non-hydrogen) atoms. The van der Waals surface area contributed by atoms with Crippen LogP contribution in [0, 0.1) is 12.8 Å². The molecule has 0 radical (unpaired) electrons. The molecule has 0 fully saturated rings. The van der Waals surface area contributed by atoms with Crippen molar-refractivity contribution in [2.24, 2.45) is 5.92 Å². The number of aromatic nitrogens is 2. The van der Waals surface area contributed by atoms with Crippen LogP contribution in [0.25, 0.3) is 11.3 Å². The molecular weight excluding hydrogens is 338 g/mol. The smallest absolute Gasteiger partial charge is 0.258 e. The molecule has 0 spiro atoms. The molecule has 0 N–H and O–H groups in total. The standard InChI is InChI=1S/C22H25N3O2/c1-15(2)16(3)25(14-19-11-8-12-27-19)22(26)20-13-23-17(4)24-21(20)18-9-6-5-7-10-18/h5-13,15-16H,14H2,1-4H3. The van der Waals surface area contributed by atoms with Crippen LogP contribution in [-0.4, -0.2) is 26.8 Å². The van der Waals surface area contributed by atoms with Gasteiger partial charge in [-0.1, -0.05) is 44.2 Å². The quantitative estimate of drug-likeness (QED) is 0.635. The molecule has 0 saturated heterocycles. The third-order valence-corrected chi connectivity index (χ3v) is 4.81. The van der Waals surface area contributed by atoms with Crippen molar-refractivity contribution >= 4 is 5.91 Å². The first-order chi connectivity index (χ1) is 13.0. The Hall–Kier alpha value is -2.95. The maximum Gasteiger partial charge on any atom is 0.258 e. The van der Waals surface area contributed by atoms with Crippen molar-refractivity contribution in [1.29, 1.82) is 0 Å². The van der Waals surface area contributed by atoms with Gasteiger partial charge < -0.3 is 9.32 Å². The Labute approximate surface area is 160 Å². The van der Waals surface area contributed by atoms with E-state index < -0.39 is 0 Å². The lowest BCUT2D eigenvalue weighted by atomic mass is 10.0. The third-order valence-electron chi connectivity index (χ3n) is 4.81. The lowest BCUT2D eigenvalue weighted by molar-refractivity contribution is 0.0611. The van der Waals surface area contributed by atoms with Gasteiger partial charge in [-0.15, -0.1) is 0 Å². The third kappa shape index (κ3) is 4.25. The van der Waals surface area contributed by atoms with E-state index in [1.165, 1.54) is 0 Å². The highest BCUT2D eigenvalue weighted by Gasteiger charge is 2.27. The van der Waals surface area contributed by atoms with Crippen molar-refractivity contribution in [2.45, 2.75) is 40.3 Å². The fourth-order valence-corrected chi connectivity index (χ4v) is 2.93. The summed E-state index contributed by atoms with van der Waals surface area (Å²) in [6, 6.07) is 13.5. The Morgan fingerprint density at radius 3 is 2.48 bits per heavy atom. The van der Waals surface area contributed by atoms with Gasteiger partial charge in [0.2, 0.25) is 0 Å². The van der Waals surface area contributed by atoms with Crippen LogP contribution in [0.15, 0.2) is 59.3 Å². The number of nitrogens with zero attached hydrogens (tertiary/aromatic N) is 3. The summed E-state index contributed by atoms with van der Waals surface area (Å²) in [5.41, 5.74) is 2.07. The molecule has 0 aliphatic carbocycles. The molecule has 1 unspecified atom stereocenters. The first-order valence-electron chi connectivity index (χ1n) is 9.19. The summed E-state index contributed by atoms with van der Waals surface area (Å²) in [4.78, 5) is 24.2. The van der Waals surface area contributed by atoms with Gasteiger partial charge in [0.15, 0.2) is 0 Å². The van der Waals surface area contributed by atoms with Gasteiger partial charge in [0.1, 0.15) is 11.6 Å². The Kier molecular flexibility index (Phi) is 5.69. The van der Waals surface area contributed by atoms with Crippen LogP contribution in [0.3, 0.4) is 0 Å². The average molecular weight is 363 g/mol. The van der Waals surface area contributed by atoms with Crippen molar-refractivity contribution in [3.63, 3.8) is 0 Å². The summed E-state index contributed by atoms with van der Waals surface area (Å²) in [5.74, 6) is 1.60. The first kappa shape index (κ1) is 18.8. The van der Waals surface area contributed by atoms with E-state index in [0.717, 1.165) is 11.3 Å². The number of aryl methyl sites for hydroxylation is 1. The van der Waals surface area contributed by atoms with Crippen LogP contribution < -0.4 is 0 Å². The van der Waals surface area contributed by atoms with Gasteiger partial charge in [-0.25, -0.2) is 9.97 Å². The number of amides is 1. The SMILES string of the molecule is Cc1ncc(C(=O)N(Cc2ccco2)C(C)C(C)C)c(-c2ccccc2)n1. The second-order valence-electron chi connectivity index (χ2n) is 7.04. The number of benzene rings is 1. The van der Waals surface area contributed by atoms with Crippen LogP contribution in [0.5, 0.6) is 0 Å². The van der Waals surface area contributed by atoms with E-state index in [4.69, 9.17) is 4.42 Å². The highest BCUT2D eigenvalue weighted by Crippen LogP contribution is 2.25. The Bertz CT molecular complexity index is 889. The lowest BCUT2D eigenvalue weighted by Crippen LogP contribution is -2.41. The summed E-state index contributed by atoms with van der Waals surface area (Å²) in [6.07, 6.45) is 3.26. The Morgan fingerprint density at radius 2 is 1.85 bits per heavy atom. The molecule has 3 rings (SSSR count). The zero-order valence-corrected chi connectivity index (χ0v) is 16.2. The highest BCUT2D eigenvalue weighted by atomic mass is 16.3. The largest absolute Gasteiger partial charge is 0.467 e. The molecule has 0 aliphatic rings. The topological polar surface area (TPSA) is 59.2 Å². The molecule has 0 bridgehead atoms. The average Bonchev–Trinajstić information content (AvgIpc) is 3.19. The number of rotatable bonds is 6. The van der Waals surface area contributed by atoms with Crippen molar-refractivity contribution < 1.29 is 9.21 Å². The monoisotopic (exact) mass is 363 g/mol. The Balaban J connectivity index is 2.03. The van der Waals surface area contributed by atoms with Crippen LogP contribution >= 0.6 is 0 Å².